The molecule has 1 aliphatic rings. The van der Waals surface area contributed by atoms with Crippen LogP contribution in [0.3, 0.4) is 0 Å². The van der Waals surface area contributed by atoms with Crippen molar-refractivity contribution in [3.05, 3.63) is 29.8 Å². The number of rotatable bonds is 3. The van der Waals surface area contributed by atoms with E-state index < -0.39 is 0 Å². The van der Waals surface area contributed by atoms with E-state index in [0.717, 1.165) is 12.2 Å². The van der Waals surface area contributed by atoms with Crippen LogP contribution in [0, 0.1) is 5.92 Å². The summed E-state index contributed by atoms with van der Waals surface area (Å²) in [5, 5.41) is 0.351. The smallest absolute Gasteiger partial charge is 0.119 e. The molecule has 0 heterocycles. The molecule has 2 heteroatoms. The Morgan fingerprint density at radius 3 is 2.88 bits per heavy atom. The van der Waals surface area contributed by atoms with Crippen LogP contribution in [0.25, 0.3) is 0 Å². The van der Waals surface area contributed by atoms with Crippen molar-refractivity contribution in [2.24, 2.45) is 5.92 Å². The van der Waals surface area contributed by atoms with Crippen molar-refractivity contribution in [1.82, 2.24) is 0 Å². The van der Waals surface area contributed by atoms with Crippen LogP contribution in [0.15, 0.2) is 24.3 Å². The summed E-state index contributed by atoms with van der Waals surface area (Å²) in [5.74, 6) is 1.58. The minimum atomic E-state index is 0.351. The topological polar surface area (TPSA) is 9.23 Å². The monoisotopic (exact) mass is 252 g/mol. The Hall–Kier alpha value is -0.690. The molecule has 1 aromatic rings. The van der Waals surface area contributed by atoms with Gasteiger partial charge >= 0.3 is 0 Å². The third-order valence-electron chi connectivity index (χ3n) is 3.70. The van der Waals surface area contributed by atoms with Crippen molar-refractivity contribution in [2.45, 2.75) is 43.9 Å². The summed E-state index contributed by atoms with van der Waals surface area (Å²) in [4.78, 5) is 0. The van der Waals surface area contributed by atoms with Gasteiger partial charge in [-0.3, -0.25) is 0 Å². The van der Waals surface area contributed by atoms with E-state index in [4.69, 9.17) is 16.3 Å². The Morgan fingerprint density at radius 2 is 2.06 bits per heavy atom. The van der Waals surface area contributed by atoms with Crippen molar-refractivity contribution in [2.75, 3.05) is 7.11 Å². The standard InChI is InChI=1S/C15H21ClO/c1-17-14-8-5-6-12(11-14)10-13-7-3-2-4-9-15(13)16/h5-6,8,11,13,15H,2-4,7,9-10H2,1H3. The zero-order chi connectivity index (χ0) is 12.1. The molecule has 0 N–H and O–H groups in total. The van der Waals surface area contributed by atoms with E-state index in [1.54, 1.807) is 7.11 Å². The van der Waals surface area contributed by atoms with Gasteiger partial charge in [0, 0.05) is 5.38 Å². The maximum absolute atomic E-state index is 6.48. The van der Waals surface area contributed by atoms with Crippen molar-refractivity contribution in [1.29, 1.82) is 0 Å². The molecule has 0 radical (unpaired) electrons. The number of hydrogen-bond donors (Lipinski definition) is 0. The summed E-state index contributed by atoms with van der Waals surface area (Å²) in [6.07, 6.45) is 7.51. The zero-order valence-corrected chi connectivity index (χ0v) is 11.2. The summed E-state index contributed by atoms with van der Waals surface area (Å²) in [5.41, 5.74) is 1.35. The highest BCUT2D eigenvalue weighted by atomic mass is 35.5. The van der Waals surface area contributed by atoms with Crippen LogP contribution in [0.1, 0.15) is 37.7 Å². The van der Waals surface area contributed by atoms with Crippen LogP contribution in [0.2, 0.25) is 0 Å². The lowest BCUT2D eigenvalue weighted by Crippen LogP contribution is -2.15. The molecule has 94 valence electrons. The van der Waals surface area contributed by atoms with E-state index in [0.29, 0.717) is 11.3 Å². The fraction of sp³-hybridized carbons (Fsp3) is 0.600. The SMILES string of the molecule is COc1cccc(CC2CCCCCC2Cl)c1. The van der Waals surface area contributed by atoms with Crippen molar-refractivity contribution >= 4 is 11.6 Å². The van der Waals surface area contributed by atoms with Crippen LogP contribution in [-0.2, 0) is 6.42 Å². The number of halogens is 1. The molecule has 1 fully saturated rings. The summed E-state index contributed by atoms with van der Waals surface area (Å²) < 4.78 is 5.26. The molecule has 1 saturated carbocycles. The van der Waals surface area contributed by atoms with Gasteiger partial charge in [0.15, 0.2) is 0 Å². The lowest BCUT2D eigenvalue weighted by molar-refractivity contribution is 0.412. The molecule has 2 unspecified atom stereocenters. The molecular formula is C15H21ClO. The summed E-state index contributed by atoms with van der Waals surface area (Å²) in [7, 11) is 1.72. The molecule has 0 bridgehead atoms. The molecule has 0 aromatic heterocycles. The zero-order valence-electron chi connectivity index (χ0n) is 10.5. The number of hydrogen-bond acceptors (Lipinski definition) is 1. The normalized spacial score (nSPS) is 25.3. The number of methoxy groups -OCH3 is 1. The highest BCUT2D eigenvalue weighted by Gasteiger charge is 2.21. The largest absolute Gasteiger partial charge is 0.497 e. The van der Waals surface area contributed by atoms with E-state index in [9.17, 15) is 0 Å². The van der Waals surface area contributed by atoms with E-state index in [1.807, 2.05) is 6.07 Å². The van der Waals surface area contributed by atoms with Crippen molar-refractivity contribution in [3.8, 4) is 5.75 Å². The van der Waals surface area contributed by atoms with Crippen molar-refractivity contribution in [3.63, 3.8) is 0 Å². The Morgan fingerprint density at radius 1 is 1.24 bits per heavy atom. The Labute approximate surface area is 109 Å². The third-order valence-corrected chi connectivity index (χ3v) is 4.27. The van der Waals surface area contributed by atoms with Gasteiger partial charge in [-0.2, -0.15) is 0 Å². The molecule has 0 saturated heterocycles. The average molecular weight is 253 g/mol. The fourth-order valence-corrected chi connectivity index (χ4v) is 3.04. The first-order valence-electron chi connectivity index (χ1n) is 6.56. The number of alkyl halides is 1. The van der Waals surface area contributed by atoms with E-state index >= 15 is 0 Å². The minimum Gasteiger partial charge on any atom is -0.497 e. The lowest BCUT2D eigenvalue weighted by Gasteiger charge is -2.19. The highest BCUT2D eigenvalue weighted by molar-refractivity contribution is 6.20. The van der Waals surface area contributed by atoms with Crippen LogP contribution < -0.4 is 4.74 Å². The van der Waals surface area contributed by atoms with E-state index in [2.05, 4.69) is 18.2 Å². The van der Waals surface area contributed by atoms with Crippen LogP contribution in [0.4, 0.5) is 0 Å². The van der Waals surface area contributed by atoms with E-state index in [-0.39, 0.29) is 0 Å². The molecule has 0 amide bonds. The second-order valence-corrected chi connectivity index (χ2v) is 5.53. The maximum atomic E-state index is 6.48. The molecule has 2 atom stereocenters. The lowest BCUT2D eigenvalue weighted by atomic mass is 9.92. The van der Waals surface area contributed by atoms with Crippen molar-refractivity contribution < 1.29 is 4.74 Å². The molecular weight excluding hydrogens is 232 g/mol. The molecule has 0 spiro atoms. The predicted octanol–water partition coefficient (Wildman–Crippen LogP) is 4.43. The minimum absolute atomic E-state index is 0.351. The maximum Gasteiger partial charge on any atom is 0.119 e. The van der Waals surface area contributed by atoms with E-state index in [1.165, 1.54) is 37.7 Å². The van der Waals surface area contributed by atoms with Gasteiger partial charge in [-0.15, -0.1) is 11.6 Å². The van der Waals surface area contributed by atoms with Gasteiger partial charge in [-0.1, -0.05) is 31.4 Å². The van der Waals surface area contributed by atoms with Gasteiger partial charge in [0.1, 0.15) is 5.75 Å². The Balaban J connectivity index is 2.02. The quantitative estimate of drug-likeness (QED) is 0.571. The Bertz CT molecular complexity index is 351. The Kier molecular flexibility index (Phi) is 4.73. The summed E-state index contributed by atoms with van der Waals surface area (Å²) in [6.45, 7) is 0. The molecule has 1 aromatic carbocycles. The van der Waals surface area contributed by atoms with Gasteiger partial charge in [-0.05, 0) is 42.9 Å². The number of ether oxygens (including phenoxy) is 1. The first-order valence-corrected chi connectivity index (χ1v) is 7.00. The van der Waals surface area contributed by atoms with Gasteiger partial charge in [0.2, 0.25) is 0 Å². The summed E-state index contributed by atoms with van der Waals surface area (Å²) in [6, 6.07) is 8.37. The van der Waals surface area contributed by atoms with Crippen LogP contribution >= 0.6 is 11.6 Å². The predicted molar refractivity (Wildman–Crippen MR) is 72.9 cm³/mol. The second kappa shape index (κ2) is 6.30. The molecule has 1 aliphatic carbocycles. The first-order chi connectivity index (χ1) is 8.29. The second-order valence-electron chi connectivity index (χ2n) is 4.97. The molecule has 2 rings (SSSR count). The average Bonchev–Trinajstić information content (AvgIpc) is 2.55. The molecule has 0 aliphatic heterocycles. The van der Waals surface area contributed by atoms with Gasteiger partial charge < -0.3 is 4.74 Å². The van der Waals surface area contributed by atoms with Crippen LogP contribution in [-0.4, -0.2) is 12.5 Å². The fourth-order valence-electron chi connectivity index (χ4n) is 2.67. The highest BCUT2D eigenvalue weighted by Crippen LogP contribution is 2.30. The van der Waals surface area contributed by atoms with Gasteiger partial charge in [-0.25, -0.2) is 0 Å². The first kappa shape index (κ1) is 12.8. The molecule has 17 heavy (non-hydrogen) atoms. The third kappa shape index (κ3) is 3.64. The molecule has 1 nitrogen and oxygen atoms in total. The van der Waals surface area contributed by atoms with Gasteiger partial charge in [0.05, 0.1) is 7.11 Å². The number of benzene rings is 1. The summed E-state index contributed by atoms with van der Waals surface area (Å²) >= 11 is 6.48. The van der Waals surface area contributed by atoms with Gasteiger partial charge in [0.25, 0.3) is 0 Å². The van der Waals surface area contributed by atoms with Crippen LogP contribution in [0.5, 0.6) is 5.75 Å².